The summed E-state index contributed by atoms with van der Waals surface area (Å²) in [5, 5.41) is 9.63. The predicted molar refractivity (Wildman–Crippen MR) is 247 cm³/mol. The zero-order valence-corrected chi connectivity index (χ0v) is 38.4. The van der Waals surface area contributed by atoms with Gasteiger partial charge in [0, 0.05) is 19.3 Å². The molecule has 0 heterocycles. The molecule has 0 aliphatic carbocycles. The standard InChI is InChI=1S/C51H87NO7/c1-6-8-10-12-14-16-18-20-22-24-25-26-28-29-31-33-35-37-39-41-49(53)58-46-47(45-57-44-43-48(51(55)56)52(3,4)5)59-50(54)42-40-38-36-34-32-30-27-23-21-19-17-15-13-11-9-7-2/h8-11,14-17,20-23,47-48H,6-7,12-13,18-19,24-46H2,1-5H3/p+1/b10-8+,11-9+,16-14+,17-15+,22-20+,23-21+. The van der Waals surface area contributed by atoms with E-state index in [-0.39, 0.29) is 36.2 Å². The summed E-state index contributed by atoms with van der Waals surface area (Å²) in [6, 6.07) is -0.621. The zero-order chi connectivity index (χ0) is 43.5. The molecule has 0 rings (SSSR count). The highest BCUT2D eigenvalue weighted by Gasteiger charge is 2.31. The third-order valence-electron chi connectivity index (χ3n) is 10.1. The average Bonchev–Trinajstić information content (AvgIpc) is 3.19. The molecule has 0 spiro atoms. The molecule has 0 radical (unpaired) electrons. The molecule has 59 heavy (non-hydrogen) atoms. The molecule has 0 saturated carbocycles. The van der Waals surface area contributed by atoms with Gasteiger partial charge in [0.05, 0.1) is 34.4 Å². The van der Waals surface area contributed by atoms with Crippen LogP contribution in [0.25, 0.3) is 0 Å². The zero-order valence-electron chi connectivity index (χ0n) is 38.4. The van der Waals surface area contributed by atoms with E-state index in [4.69, 9.17) is 14.2 Å². The number of hydrogen-bond donors (Lipinski definition) is 1. The minimum Gasteiger partial charge on any atom is -0.477 e. The van der Waals surface area contributed by atoms with Crippen LogP contribution in [0.5, 0.6) is 0 Å². The smallest absolute Gasteiger partial charge is 0.362 e. The SMILES string of the molecule is CC/C=C/C/C=C/C/C=C/CCCCCCCCCCCC(=O)OCC(COCCC(C(=O)O)[N+](C)(C)C)OC(=O)CCCCCCCC/C=C/C/C=C/C/C=C/CC. The number of unbranched alkanes of at least 4 members (excludes halogenated alkanes) is 15. The van der Waals surface area contributed by atoms with Gasteiger partial charge in [-0.05, 0) is 77.0 Å². The van der Waals surface area contributed by atoms with Crippen LogP contribution in [0, 0.1) is 0 Å². The number of likely N-dealkylation sites (N-methyl/N-ethyl adjacent to an activating group) is 1. The molecular weight excluding hydrogens is 739 g/mol. The Hall–Kier alpha value is -3.23. The first-order chi connectivity index (χ1) is 28.6. The third kappa shape index (κ3) is 40.0. The third-order valence-corrected chi connectivity index (χ3v) is 10.1. The van der Waals surface area contributed by atoms with Gasteiger partial charge in [-0.15, -0.1) is 0 Å². The van der Waals surface area contributed by atoms with Gasteiger partial charge in [0.1, 0.15) is 6.61 Å². The largest absolute Gasteiger partial charge is 0.477 e. The second-order valence-electron chi connectivity index (χ2n) is 16.6. The lowest BCUT2D eigenvalue weighted by molar-refractivity contribution is -0.887. The van der Waals surface area contributed by atoms with Crippen molar-refractivity contribution in [3.05, 3.63) is 72.9 Å². The Labute approximate surface area is 361 Å². The molecule has 0 bridgehead atoms. The van der Waals surface area contributed by atoms with Gasteiger partial charge in [0.25, 0.3) is 0 Å². The first-order valence-electron chi connectivity index (χ1n) is 23.5. The van der Waals surface area contributed by atoms with Crippen LogP contribution in [0.3, 0.4) is 0 Å². The van der Waals surface area contributed by atoms with Crippen molar-refractivity contribution in [2.75, 3.05) is 41.0 Å². The van der Waals surface area contributed by atoms with Gasteiger partial charge in [-0.2, -0.15) is 0 Å². The van der Waals surface area contributed by atoms with Crippen LogP contribution in [0.4, 0.5) is 0 Å². The summed E-state index contributed by atoms with van der Waals surface area (Å²) in [5.41, 5.74) is 0. The Bertz CT molecular complexity index is 1190. The van der Waals surface area contributed by atoms with Crippen molar-refractivity contribution >= 4 is 17.9 Å². The topological polar surface area (TPSA) is 99.1 Å². The maximum atomic E-state index is 12.7. The van der Waals surface area contributed by atoms with Crippen LogP contribution in [-0.4, -0.2) is 80.6 Å². The molecule has 0 aromatic carbocycles. The molecule has 0 aromatic rings. The van der Waals surface area contributed by atoms with Crippen molar-refractivity contribution in [3.63, 3.8) is 0 Å². The van der Waals surface area contributed by atoms with E-state index in [2.05, 4.69) is 86.8 Å². The molecule has 0 amide bonds. The molecule has 2 atom stereocenters. The number of rotatable bonds is 41. The van der Waals surface area contributed by atoms with E-state index in [9.17, 15) is 19.5 Å². The second-order valence-corrected chi connectivity index (χ2v) is 16.6. The number of carbonyl (C=O) groups excluding carboxylic acids is 2. The highest BCUT2D eigenvalue weighted by atomic mass is 16.6. The van der Waals surface area contributed by atoms with Crippen LogP contribution in [0.15, 0.2) is 72.9 Å². The van der Waals surface area contributed by atoms with Gasteiger partial charge in [0.15, 0.2) is 12.1 Å². The number of hydrogen-bond acceptors (Lipinski definition) is 6. The number of carboxylic acids is 1. The molecule has 8 nitrogen and oxygen atoms in total. The summed E-state index contributed by atoms with van der Waals surface area (Å²) < 4.78 is 17.3. The first-order valence-corrected chi connectivity index (χ1v) is 23.5. The highest BCUT2D eigenvalue weighted by Crippen LogP contribution is 2.14. The number of carbonyl (C=O) groups is 3. The van der Waals surface area contributed by atoms with Gasteiger partial charge in [-0.3, -0.25) is 9.59 Å². The first kappa shape index (κ1) is 55.8. The lowest BCUT2D eigenvalue weighted by atomic mass is 10.1. The predicted octanol–water partition coefficient (Wildman–Crippen LogP) is 13.1. The Morgan fingerprint density at radius 1 is 0.508 bits per heavy atom. The summed E-state index contributed by atoms with van der Waals surface area (Å²) in [6.07, 6.45) is 52.3. The number of aliphatic carboxylic acids is 1. The molecular formula is C51H88NO7+. The van der Waals surface area contributed by atoms with E-state index in [0.717, 1.165) is 96.3 Å². The van der Waals surface area contributed by atoms with Crippen molar-refractivity contribution in [1.82, 2.24) is 0 Å². The number of esters is 2. The number of carboxylic acid groups (broad SMARTS) is 1. The van der Waals surface area contributed by atoms with Gasteiger partial charge in [0.2, 0.25) is 0 Å². The van der Waals surface area contributed by atoms with E-state index in [1.807, 2.05) is 21.1 Å². The molecule has 0 fully saturated rings. The minimum atomic E-state index is -0.880. The van der Waals surface area contributed by atoms with Crippen LogP contribution < -0.4 is 0 Å². The minimum absolute atomic E-state index is 0.0509. The van der Waals surface area contributed by atoms with Gasteiger partial charge >= 0.3 is 17.9 Å². The maximum Gasteiger partial charge on any atom is 0.362 e. The lowest BCUT2D eigenvalue weighted by Crippen LogP contribution is -2.50. The Morgan fingerprint density at radius 2 is 0.898 bits per heavy atom. The van der Waals surface area contributed by atoms with Gasteiger partial charge < -0.3 is 23.8 Å². The molecule has 0 aliphatic rings. The van der Waals surface area contributed by atoms with Crippen LogP contribution >= 0.6 is 0 Å². The second kappa shape index (κ2) is 41.5. The van der Waals surface area contributed by atoms with Crippen LogP contribution in [0.1, 0.15) is 181 Å². The average molecular weight is 827 g/mol. The van der Waals surface area contributed by atoms with Crippen molar-refractivity contribution in [3.8, 4) is 0 Å². The van der Waals surface area contributed by atoms with E-state index in [1.54, 1.807) is 0 Å². The molecule has 0 aliphatic heterocycles. The Morgan fingerprint density at radius 3 is 1.32 bits per heavy atom. The Kier molecular flexibility index (Phi) is 39.2. The Balaban J connectivity index is 4.32. The fourth-order valence-corrected chi connectivity index (χ4v) is 6.53. The van der Waals surface area contributed by atoms with Crippen LogP contribution in [0.2, 0.25) is 0 Å². The van der Waals surface area contributed by atoms with E-state index < -0.39 is 18.1 Å². The van der Waals surface area contributed by atoms with E-state index >= 15 is 0 Å². The highest BCUT2D eigenvalue weighted by molar-refractivity contribution is 5.72. The van der Waals surface area contributed by atoms with Gasteiger partial charge in [-0.1, -0.05) is 157 Å². The monoisotopic (exact) mass is 827 g/mol. The number of quaternary nitrogens is 1. The molecule has 8 heteroatoms. The van der Waals surface area contributed by atoms with Crippen LogP contribution in [-0.2, 0) is 28.6 Å². The van der Waals surface area contributed by atoms with E-state index in [0.29, 0.717) is 19.3 Å². The molecule has 338 valence electrons. The lowest BCUT2D eigenvalue weighted by Gasteiger charge is -2.31. The normalized spacial score (nSPS) is 13.6. The van der Waals surface area contributed by atoms with Crippen molar-refractivity contribution in [1.29, 1.82) is 0 Å². The summed E-state index contributed by atoms with van der Waals surface area (Å²) in [6.45, 7) is 4.49. The molecule has 1 N–H and O–H groups in total. The number of ether oxygens (including phenoxy) is 3. The molecule has 2 unspecified atom stereocenters. The fourth-order valence-electron chi connectivity index (χ4n) is 6.53. The van der Waals surface area contributed by atoms with E-state index in [1.165, 1.54) is 51.4 Å². The quantitative estimate of drug-likeness (QED) is 0.0284. The number of allylic oxidation sites excluding steroid dienone is 12. The molecule has 0 aromatic heterocycles. The number of nitrogens with zero attached hydrogens (tertiary/aromatic N) is 1. The summed E-state index contributed by atoms with van der Waals surface area (Å²) in [7, 11) is 5.52. The molecule has 0 saturated heterocycles. The van der Waals surface area contributed by atoms with Crippen molar-refractivity contribution in [2.45, 2.75) is 193 Å². The van der Waals surface area contributed by atoms with Gasteiger partial charge in [-0.25, -0.2) is 4.79 Å². The maximum absolute atomic E-state index is 12.7. The summed E-state index contributed by atoms with van der Waals surface area (Å²) in [4.78, 5) is 37.1. The fraction of sp³-hybridized carbons (Fsp3) is 0.706. The van der Waals surface area contributed by atoms with Crippen molar-refractivity contribution in [2.24, 2.45) is 0 Å². The summed E-state index contributed by atoms with van der Waals surface area (Å²) in [5.74, 6) is -1.50. The summed E-state index contributed by atoms with van der Waals surface area (Å²) >= 11 is 0. The van der Waals surface area contributed by atoms with Crippen molar-refractivity contribution < 1.29 is 38.2 Å².